The summed E-state index contributed by atoms with van der Waals surface area (Å²) in [4.78, 5) is 25.1. The third kappa shape index (κ3) is 3.45. The van der Waals surface area contributed by atoms with Crippen molar-refractivity contribution < 1.29 is 9.59 Å². The summed E-state index contributed by atoms with van der Waals surface area (Å²) in [5.74, 6) is 0.0599. The molecule has 1 aliphatic heterocycles. The van der Waals surface area contributed by atoms with Crippen LogP contribution in [0.5, 0.6) is 0 Å². The summed E-state index contributed by atoms with van der Waals surface area (Å²) in [7, 11) is 0. The van der Waals surface area contributed by atoms with Crippen LogP contribution in [0, 0.1) is 0 Å². The number of anilines is 3. The normalized spacial score (nSPS) is 13.3. The van der Waals surface area contributed by atoms with Gasteiger partial charge in [-0.3, -0.25) is 9.59 Å². The van der Waals surface area contributed by atoms with Crippen LogP contribution in [0.3, 0.4) is 0 Å². The van der Waals surface area contributed by atoms with Crippen molar-refractivity contribution in [3.8, 4) is 0 Å². The number of nitrogens with zero attached hydrogens (tertiary/aromatic N) is 1. The number of rotatable bonds is 5. The number of carbonyl (C=O) groups is 2. The van der Waals surface area contributed by atoms with E-state index in [9.17, 15) is 9.59 Å². The largest absolute Gasteiger partial charge is 0.397 e. The molecule has 6 heteroatoms. The van der Waals surface area contributed by atoms with E-state index in [-0.39, 0.29) is 18.4 Å². The molecule has 4 N–H and O–H groups in total. The minimum absolute atomic E-state index is 0.0133. The molecule has 0 spiro atoms. The van der Waals surface area contributed by atoms with Crippen molar-refractivity contribution in [3.63, 3.8) is 0 Å². The van der Waals surface area contributed by atoms with E-state index in [2.05, 4.69) is 10.6 Å². The fraction of sp³-hybridized carbons (Fsp3) is 0.467. The number of likely N-dealkylation sites (N-methyl/N-ethyl adjacent to an activating group) is 1. The van der Waals surface area contributed by atoms with E-state index in [1.54, 1.807) is 11.0 Å². The molecule has 114 valence electrons. The lowest BCUT2D eigenvalue weighted by atomic mass is 10.0. The molecule has 0 fully saturated rings. The molecule has 1 aromatic rings. The van der Waals surface area contributed by atoms with Gasteiger partial charge in [-0.05, 0) is 38.0 Å². The van der Waals surface area contributed by atoms with Crippen LogP contribution in [0.15, 0.2) is 12.1 Å². The predicted octanol–water partition coefficient (Wildman–Crippen LogP) is 1.43. The SMILES string of the molecule is CCN(CC)C(=O)CNc1cc2c(cc1N)NC(=O)CC2. The van der Waals surface area contributed by atoms with Gasteiger partial charge in [-0.2, -0.15) is 0 Å². The Morgan fingerprint density at radius 2 is 2.05 bits per heavy atom. The molecular formula is C15H22N4O2. The molecule has 1 heterocycles. The second-order valence-electron chi connectivity index (χ2n) is 5.06. The van der Waals surface area contributed by atoms with Gasteiger partial charge >= 0.3 is 0 Å². The van der Waals surface area contributed by atoms with Crippen LogP contribution in [-0.4, -0.2) is 36.3 Å². The van der Waals surface area contributed by atoms with Crippen molar-refractivity contribution in [2.75, 3.05) is 36.0 Å². The lowest BCUT2D eigenvalue weighted by molar-refractivity contribution is -0.128. The van der Waals surface area contributed by atoms with E-state index < -0.39 is 0 Å². The first-order chi connectivity index (χ1) is 10.0. The minimum atomic E-state index is 0.0133. The van der Waals surface area contributed by atoms with E-state index in [0.29, 0.717) is 31.6 Å². The number of hydrogen-bond acceptors (Lipinski definition) is 4. The Morgan fingerprint density at radius 3 is 2.71 bits per heavy atom. The number of fused-ring (bicyclic) bond motifs is 1. The van der Waals surface area contributed by atoms with Crippen LogP contribution in [0.4, 0.5) is 17.1 Å². The van der Waals surface area contributed by atoms with Crippen LogP contribution in [0.2, 0.25) is 0 Å². The molecule has 2 rings (SSSR count). The van der Waals surface area contributed by atoms with Gasteiger partial charge in [0.1, 0.15) is 0 Å². The monoisotopic (exact) mass is 290 g/mol. The van der Waals surface area contributed by atoms with Crippen molar-refractivity contribution in [2.24, 2.45) is 0 Å². The van der Waals surface area contributed by atoms with Gasteiger partial charge in [-0.25, -0.2) is 0 Å². The minimum Gasteiger partial charge on any atom is -0.397 e. The summed E-state index contributed by atoms with van der Waals surface area (Å²) in [5, 5.41) is 5.90. The number of carbonyl (C=O) groups excluding carboxylic acids is 2. The number of hydrogen-bond donors (Lipinski definition) is 3. The first-order valence-corrected chi connectivity index (χ1v) is 7.29. The second-order valence-corrected chi connectivity index (χ2v) is 5.06. The zero-order chi connectivity index (χ0) is 15.4. The fourth-order valence-corrected chi connectivity index (χ4v) is 2.46. The average molecular weight is 290 g/mol. The number of nitrogens with one attached hydrogen (secondary N) is 2. The summed E-state index contributed by atoms with van der Waals surface area (Å²) in [6, 6.07) is 3.66. The maximum Gasteiger partial charge on any atom is 0.241 e. The Bertz CT molecular complexity index is 553. The molecule has 0 unspecified atom stereocenters. The Hall–Kier alpha value is -2.24. The number of benzene rings is 1. The molecule has 2 amide bonds. The molecule has 0 saturated carbocycles. The van der Waals surface area contributed by atoms with E-state index in [1.165, 1.54) is 0 Å². The maximum absolute atomic E-state index is 12.0. The van der Waals surface area contributed by atoms with Gasteiger partial charge in [0.2, 0.25) is 11.8 Å². The van der Waals surface area contributed by atoms with Crippen molar-refractivity contribution in [3.05, 3.63) is 17.7 Å². The Morgan fingerprint density at radius 1 is 1.33 bits per heavy atom. The highest BCUT2D eigenvalue weighted by Crippen LogP contribution is 2.30. The molecule has 6 nitrogen and oxygen atoms in total. The highest BCUT2D eigenvalue weighted by Gasteiger charge is 2.17. The molecule has 21 heavy (non-hydrogen) atoms. The first-order valence-electron chi connectivity index (χ1n) is 7.29. The molecule has 1 aromatic carbocycles. The van der Waals surface area contributed by atoms with E-state index in [1.807, 2.05) is 19.9 Å². The molecule has 0 radical (unpaired) electrons. The third-order valence-corrected chi connectivity index (χ3v) is 3.72. The summed E-state index contributed by atoms with van der Waals surface area (Å²) in [6.07, 6.45) is 1.18. The zero-order valence-corrected chi connectivity index (χ0v) is 12.5. The van der Waals surface area contributed by atoms with Crippen molar-refractivity contribution in [1.29, 1.82) is 0 Å². The molecule has 1 aliphatic rings. The Kier molecular flexibility index (Phi) is 4.67. The molecule has 0 aromatic heterocycles. The molecule has 0 atom stereocenters. The number of amides is 2. The maximum atomic E-state index is 12.0. The van der Waals surface area contributed by atoms with E-state index in [4.69, 9.17) is 5.73 Å². The summed E-state index contributed by atoms with van der Waals surface area (Å²) >= 11 is 0. The number of nitrogen functional groups attached to an aromatic ring is 1. The number of aryl methyl sites for hydroxylation is 1. The topological polar surface area (TPSA) is 87.5 Å². The average Bonchev–Trinajstić information content (AvgIpc) is 2.46. The van der Waals surface area contributed by atoms with Gasteiger partial charge in [0.15, 0.2) is 0 Å². The van der Waals surface area contributed by atoms with Crippen LogP contribution >= 0.6 is 0 Å². The number of nitrogens with two attached hydrogens (primary N) is 1. The smallest absolute Gasteiger partial charge is 0.241 e. The predicted molar refractivity (Wildman–Crippen MR) is 84.2 cm³/mol. The van der Waals surface area contributed by atoms with Gasteiger partial charge in [0, 0.05) is 25.2 Å². The second kappa shape index (κ2) is 6.47. The fourth-order valence-electron chi connectivity index (χ4n) is 2.46. The standard InChI is InChI=1S/C15H22N4O2/c1-3-19(4-2)15(21)9-17-13-7-10-5-6-14(20)18-12(10)8-11(13)16/h7-8,17H,3-6,9,16H2,1-2H3,(H,18,20). The lowest BCUT2D eigenvalue weighted by Gasteiger charge is -2.21. The van der Waals surface area contributed by atoms with Crippen molar-refractivity contribution >= 4 is 28.9 Å². The van der Waals surface area contributed by atoms with E-state index >= 15 is 0 Å². The Labute approximate surface area is 124 Å². The van der Waals surface area contributed by atoms with Crippen molar-refractivity contribution in [2.45, 2.75) is 26.7 Å². The highest BCUT2D eigenvalue weighted by atomic mass is 16.2. The van der Waals surface area contributed by atoms with Gasteiger partial charge in [0.25, 0.3) is 0 Å². The zero-order valence-electron chi connectivity index (χ0n) is 12.5. The van der Waals surface area contributed by atoms with Crippen LogP contribution in [0.1, 0.15) is 25.8 Å². The van der Waals surface area contributed by atoms with Crippen LogP contribution in [-0.2, 0) is 16.0 Å². The van der Waals surface area contributed by atoms with Gasteiger partial charge in [-0.1, -0.05) is 0 Å². The van der Waals surface area contributed by atoms with Gasteiger partial charge < -0.3 is 21.3 Å². The Balaban J connectivity index is 2.07. The van der Waals surface area contributed by atoms with Crippen molar-refractivity contribution in [1.82, 2.24) is 4.90 Å². The molecule has 0 saturated heterocycles. The summed E-state index contributed by atoms with van der Waals surface area (Å²) < 4.78 is 0. The quantitative estimate of drug-likeness (QED) is 0.716. The summed E-state index contributed by atoms with van der Waals surface area (Å²) in [6.45, 7) is 5.52. The van der Waals surface area contributed by atoms with Gasteiger partial charge in [-0.15, -0.1) is 0 Å². The first kappa shape index (κ1) is 15.2. The highest BCUT2D eigenvalue weighted by molar-refractivity contribution is 5.95. The van der Waals surface area contributed by atoms with E-state index in [0.717, 1.165) is 16.9 Å². The van der Waals surface area contributed by atoms with Crippen LogP contribution < -0.4 is 16.4 Å². The summed E-state index contributed by atoms with van der Waals surface area (Å²) in [5.41, 5.74) is 9.06. The molecule has 0 bridgehead atoms. The molecule has 0 aliphatic carbocycles. The third-order valence-electron chi connectivity index (χ3n) is 3.72. The van der Waals surface area contributed by atoms with Gasteiger partial charge in [0.05, 0.1) is 17.9 Å². The lowest BCUT2D eigenvalue weighted by Crippen LogP contribution is -2.35. The van der Waals surface area contributed by atoms with Crippen LogP contribution in [0.25, 0.3) is 0 Å². The molecular weight excluding hydrogens is 268 g/mol.